The third kappa shape index (κ3) is 6.36. The van der Waals surface area contributed by atoms with Gasteiger partial charge in [-0.2, -0.15) is 26.3 Å². The zero-order chi connectivity index (χ0) is 28.4. The average molecular weight is 545 g/mol. The first kappa shape index (κ1) is 28.3. The van der Waals surface area contributed by atoms with Gasteiger partial charge in [-0.15, -0.1) is 0 Å². The highest BCUT2D eigenvalue weighted by Gasteiger charge is 2.43. The molecule has 0 saturated carbocycles. The molecule has 2 aromatic carbocycles. The number of alkyl halides is 6. The van der Waals surface area contributed by atoms with Gasteiger partial charge in [0.05, 0.1) is 7.11 Å². The zero-order valence-electron chi connectivity index (χ0n) is 20.1. The van der Waals surface area contributed by atoms with Gasteiger partial charge in [0.25, 0.3) is 0 Å². The van der Waals surface area contributed by atoms with E-state index in [2.05, 4.69) is 9.72 Å². The van der Waals surface area contributed by atoms with Crippen molar-refractivity contribution in [2.75, 3.05) is 19.0 Å². The first-order chi connectivity index (χ1) is 17.6. The van der Waals surface area contributed by atoms with Gasteiger partial charge in [-0.25, -0.2) is 0 Å². The highest BCUT2D eigenvalue weighted by Crippen LogP contribution is 2.47. The normalized spacial score (nSPS) is 11.9. The quantitative estimate of drug-likeness (QED) is 0.220. The number of amides is 2. The highest BCUT2D eigenvalue weighted by molar-refractivity contribution is 6.39. The lowest BCUT2D eigenvalue weighted by molar-refractivity contribution is -0.145. The van der Waals surface area contributed by atoms with Crippen LogP contribution >= 0.6 is 0 Å². The number of hydrogen-bond donors (Lipinski definition) is 3. The Hall–Kier alpha value is -4.23. The first-order valence-corrected chi connectivity index (χ1v) is 10.9. The Bertz CT molecular complexity index is 1340. The number of benzene rings is 2. The van der Waals surface area contributed by atoms with Crippen molar-refractivity contribution in [2.45, 2.75) is 32.1 Å². The standard InChI is InChI=1S/C24H21F6N3O5/c1-11(2)15-9-31-18-5-4-13(8-14(15)18)38-20-16(23(25,26)27)6-12(7-17(20)24(28,29)30)33-22(36)21(35)32-10-19(34)37-3/h4-9,11,31H,10H2,1-3H3,(H,32,35)(H,33,36). The summed E-state index contributed by atoms with van der Waals surface area (Å²) in [6, 6.07) is 4.42. The van der Waals surface area contributed by atoms with E-state index >= 15 is 0 Å². The molecule has 3 N–H and O–H groups in total. The van der Waals surface area contributed by atoms with Crippen LogP contribution in [0.25, 0.3) is 10.9 Å². The molecule has 0 aliphatic heterocycles. The summed E-state index contributed by atoms with van der Waals surface area (Å²) >= 11 is 0. The lowest BCUT2D eigenvalue weighted by atomic mass is 10.0. The molecule has 0 aliphatic carbocycles. The molecular formula is C24H21F6N3O5. The second-order valence-corrected chi connectivity index (χ2v) is 8.32. The predicted octanol–water partition coefficient (Wildman–Crippen LogP) is 5.35. The molecule has 8 nitrogen and oxygen atoms in total. The van der Waals surface area contributed by atoms with Crippen molar-refractivity contribution in [1.29, 1.82) is 0 Å². The summed E-state index contributed by atoms with van der Waals surface area (Å²) in [5.74, 6) is -5.84. The van der Waals surface area contributed by atoms with Crippen LogP contribution in [0.3, 0.4) is 0 Å². The number of carbonyl (C=O) groups is 3. The number of fused-ring (bicyclic) bond motifs is 1. The maximum absolute atomic E-state index is 13.9. The van der Waals surface area contributed by atoms with E-state index in [9.17, 15) is 40.7 Å². The first-order valence-electron chi connectivity index (χ1n) is 10.9. The maximum Gasteiger partial charge on any atom is 0.420 e. The van der Waals surface area contributed by atoms with Crippen molar-refractivity contribution in [2.24, 2.45) is 0 Å². The molecular weight excluding hydrogens is 524 g/mol. The number of aromatic amines is 1. The lowest BCUT2D eigenvalue weighted by Gasteiger charge is -2.21. The van der Waals surface area contributed by atoms with Gasteiger partial charge in [0, 0.05) is 22.8 Å². The minimum atomic E-state index is -5.34. The molecule has 0 spiro atoms. The summed E-state index contributed by atoms with van der Waals surface area (Å²) in [7, 11) is 0.995. The summed E-state index contributed by atoms with van der Waals surface area (Å²) in [5, 5.41) is 4.05. The van der Waals surface area contributed by atoms with E-state index < -0.39 is 59.2 Å². The van der Waals surface area contributed by atoms with Crippen molar-refractivity contribution in [3.05, 3.63) is 53.2 Å². The Labute approximate surface area is 211 Å². The van der Waals surface area contributed by atoms with Gasteiger partial charge >= 0.3 is 30.1 Å². The second-order valence-electron chi connectivity index (χ2n) is 8.32. The molecule has 0 bridgehead atoms. The van der Waals surface area contributed by atoms with Crippen LogP contribution in [-0.2, 0) is 31.5 Å². The number of hydrogen-bond acceptors (Lipinski definition) is 5. The smallest absolute Gasteiger partial charge is 0.420 e. The number of esters is 1. The van der Waals surface area contributed by atoms with Gasteiger partial charge in [0.1, 0.15) is 23.4 Å². The number of nitrogens with one attached hydrogen (secondary N) is 3. The SMILES string of the molecule is COC(=O)CNC(=O)C(=O)Nc1cc(C(F)(F)F)c(Oc2ccc3[nH]cc(C(C)C)c3c2)c(C(F)(F)F)c1. The summed E-state index contributed by atoms with van der Waals surface area (Å²) in [6.07, 6.45) is -9.00. The van der Waals surface area contributed by atoms with E-state index in [-0.39, 0.29) is 23.8 Å². The molecule has 14 heteroatoms. The largest absolute Gasteiger partial charge is 0.468 e. The van der Waals surface area contributed by atoms with Crippen molar-refractivity contribution < 1.29 is 50.2 Å². The number of carbonyl (C=O) groups excluding carboxylic acids is 3. The van der Waals surface area contributed by atoms with Crippen LogP contribution in [0.2, 0.25) is 0 Å². The van der Waals surface area contributed by atoms with Crippen molar-refractivity contribution >= 4 is 34.4 Å². The van der Waals surface area contributed by atoms with Crippen LogP contribution in [0.4, 0.5) is 32.0 Å². The lowest BCUT2D eigenvalue weighted by Crippen LogP contribution is -2.38. The molecule has 0 aliphatic rings. The predicted molar refractivity (Wildman–Crippen MR) is 123 cm³/mol. The van der Waals surface area contributed by atoms with E-state index in [1.165, 1.54) is 18.2 Å². The van der Waals surface area contributed by atoms with Crippen LogP contribution in [0.15, 0.2) is 36.5 Å². The van der Waals surface area contributed by atoms with Crippen molar-refractivity contribution in [3.8, 4) is 11.5 Å². The summed E-state index contributed by atoms with van der Waals surface area (Å²) in [5.41, 5.74) is -3.26. The van der Waals surface area contributed by atoms with E-state index in [0.717, 1.165) is 12.7 Å². The number of H-pyrrole nitrogens is 1. The maximum atomic E-state index is 13.9. The molecule has 1 aromatic heterocycles. The van der Waals surface area contributed by atoms with Gasteiger partial charge < -0.3 is 25.1 Å². The average Bonchev–Trinajstić information content (AvgIpc) is 3.25. The van der Waals surface area contributed by atoms with Crippen molar-refractivity contribution in [3.63, 3.8) is 0 Å². The number of halogens is 6. The van der Waals surface area contributed by atoms with E-state index in [1.54, 1.807) is 11.5 Å². The molecule has 0 saturated heterocycles. The monoisotopic (exact) mass is 545 g/mol. The summed E-state index contributed by atoms with van der Waals surface area (Å²) in [4.78, 5) is 37.9. The molecule has 38 heavy (non-hydrogen) atoms. The molecule has 1 heterocycles. The van der Waals surface area contributed by atoms with Crippen LogP contribution in [-0.4, -0.2) is 36.4 Å². The fraction of sp³-hybridized carbons (Fsp3) is 0.292. The topological polar surface area (TPSA) is 110 Å². The molecule has 0 unspecified atom stereocenters. The van der Waals surface area contributed by atoms with Crippen molar-refractivity contribution in [1.82, 2.24) is 10.3 Å². The fourth-order valence-corrected chi connectivity index (χ4v) is 3.51. The number of rotatable bonds is 6. The van der Waals surface area contributed by atoms with Crippen LogP contribution in [0, 0.1) is 0 Å². The van der Waals surface area contributed by atoms with E-state index in [0.29, 0.717) is 10.9 Å². The number of ether oxygens (including phenoxy) is 2. The van der Waals surface area contributed by atoms with Gasteiger partial charge in [0.15, 0.2) is 5.75 Å². The number of anilines is 1. The molecule has 3 rings (SSSR count). The molecule has 2 amide bonds. The summed E-state index contributed by atoms with van der Waals surface area (Å²) in [6.45, 7) is 2.98. The minimum Gasteiger partial charge on any atom is -0.468 e. The Morgan fingerprint density at radius 3 is 2.08 bits per heavy atom. The minimum absolute atomic E-state index is 0.00295. The fourth-order valence-electron chi connectivity index (χ4n) is 3.51. The van der Waals surface area contributed by atoms with Crippen LogP contribution < -0.4 is 15.4 Å². The Morgan fingerprint density at radius 1 is 0.947 bits per heavy atom. The van der Waals surface area contributed by atoms with Gasteiger partial charge in [-0.05, 0) is 41.8 Å². The molecule has 0 atom stereocenters. The number of methoxy groups -OCH3 is 1. The van der Waals surface area contributed by atoms with Gasteiger partial charge in [-0.1, -0.05) is 13.8 Å². The second kappa shape index (κ2) is 10.6. The van der Waals surface area contributed by atoms with E-state index in [4.69, 9.17) is 4.74 Å². The van der Waals surface area contributed by atoms with Gasteiger partial charge in [0.2, 0.25) is 0 Å². The molecule has 0 fully saturated rings. The zero-order valence-corrected chi connectivity index (χ0v) is 20.1. The molecule has 0 radical (unpaired) electrons. The third-order valence-electron chi connectivity index (χ3n) is 5.31. The number of aromatic nitrogens is 1. The van der Waals surface area contributed by atoms with Gasteiger partial charge in [-0.3, -0.25) is 14.4 Å². The highest BCUT2D eigenvalue weighted by atomic mass is 19.4. The Morgan fingerprint density at radius 2 is 1.55 bits per heavy atom. The van der Waals surface area contributed by atoms with Crippen LogP contribution in [0.5, 0.6) is 11.5 Å². The Kier molecular flexibility index (Phi) is 7.93. The van der Waals surface area contributed by atoms with Crippen LogP contribution in [0.1, 0.15) is 36.5 Å². The Balaban J connectivity index is 2.05. The van der Waals surface area contributed by atoms with E-state index in [1.807, 2.05) is 19.2 Å². The summed E-state index contributed by atoms with van der Waals surface area (Å²) < 4.78 is 93.0. The third-order valence-corrected chi connectivity index (χ3v) is 5.31. The molecule has 204 valence electrons. The molecule has 3 aromatic rings.